The van der Waals surface area contributed by atoms with E-state index in [1.165, 1.54) is 12.4 Å². The number of fused-ring (bicyclic) bond motifs is 1. The Morgan fingerprint density at radius 1 is 1.10 bits per heavy atom. The van der Waals surface area contributed by atoms with Gasteiger partial charge in [-0.05, 0) is 61.5 Å². The third-order valence-corrected chi connectivity index (χ3v) is 6.41. The van der Waals surface area contributed by atoms with Crippen LogP contribution >= 0.6 is 11.6 Å². The summed E-state index contributed by atoms with van der Waals surface area (Å²) >= 11 is 6.45. The molecule has 2 heterocycles. The monoisotopic (exact) mass is 563 g/mol. The van der Waals surface area contributed by atoms with E-state index < -0.39 is 29.3 Å². The lowest BCUT2D eigenvalue weighted by Crippen LogP contribution is -2.24. The number of amides is 2. The lowest BCUT2D eigenvalue weighted by atomic mass is 10.1. The fourth-order valence-corrected chi connectivity index (χ4v) is 4.45. The molecule has 8 nitrogen and oxygen atoms in total. The van der Waals surface area contributed by atoms with Crippen LogP contribution in [0.2, 0.25) is 5.02 Å². The van der Waals surface area contributed by atoms with Crippen LogP contribution in [0.15, 0.2) is 48.8 Å². The first-order valence-corrected chi connectivity index (χ1v) is 12.5. The number of nitrogen functional groups attached to an aromatic ring is 1. The van der Waals surface area contributed by atoms with E-state index in [1.807, 2.05) is 6.07 Å². The minimum absolute atomic E-state index is 0.143. The zero-order chi connectivity index (χ0) is 28.3. The van der Waals surface area contributed by atoms with Gasteiger partial charge in [-0.3, -0.25) is 4.90 Å². The number of rotatable bonds is 8. The molecule has 206 valence electrons. The van der Waals surface area contributed by atoms with Gasteiger partial charge in [0.05, 0.1) is 27.7 Å². The molecule has 4 rings (SSSR count). The highest BCUT2D eigenvalue weighted by Gasteiger charge is 2.31. The smallest absolute Gasteiger partial charge is 0.382 e. The number of hydrogen-bond acceptors (Lipinski definition) is 5. The number of carbonyl (C=O) groups is 1. The Morgan fingerprint density at radius 2 is 1.85 bits per heavy atom. The molecule has 0 saturated heterocycles. The van der Waals surface area contributed by atoms with Crippen molar-refractivity contribution < 1.29 is 22.4 Å². The third-order valence-electron chi connectivity index (χ3n) is 6.10. The number of halogens is 5. The van der Waals surface area contributed by atoms with Gasteiger partial charge in [0.2, 0.25) is 0 Å². The van der Waals surface area contributed by atoms with Gasteiger partial charge >= 0.3 is 12.2 Å². The number of nitrogens with one attached hydrogen (secondary N) is 2. The molecule has 2 aromatic carbocycles. The topological polar surface area (TPSA) is 101 Å². The Labute approximate surface area is 226 Å². The summed E-state index contributed by atoms with van der Waals surface area (Å²) in [7, 11) is 0. The van der Waals surface area contributed by atoms with Crippen molar-refractivity contribution in [1.29, 1.82) is 0 Å². The first-order chi connectivity index (χ1) is 18.5. The van der Waals surface area contributed by atoms with Crippen molar-refractivity contribution in [3.05, 3.63) is 70.9 Å². The van der Waals surface area contributed by atoms with Crippen molar-refractivity contribution in [1.82, 2.24) is 19.5 Å². The van der Waals surface area contributed by atoms with Crippen molar-refractivity contribution in [3.63, 3.8) is 0 Å². The number of hydrogen-bond donors (Lipinski definition) is 3. The zero-order valence-electron chi connectivity index (χ0n) is 21.1. The first-order valence-electron chi connectivity index (χ1n) is 12.1. The van der Waals surface area contributed by atoms with E-state index in [9.17, 15) is 22.4 Å². The molecule has 0 fully saturated rings. The minimum atomic E-state index is -4.69. The number of anilines is 3. The Kier molecular flexibility index (Phi) is 8.26. The molecular formula is C26H26ClF4N7O. The van der Waals surface area contributed by atoms with Gasteiger partial charge in [-0.1, -0.05) is 31.5 Å². The summed E-state index contributed by atoms with van der Waals surface area (Å²) in [6.45, 7) is 6.60. The van der Waals surface area contributed by atoms with E-state index in [4.69, 9.17) is 17.3 Å². The molecule has 2 amide bonds. The average molecular weight is 564 g/mol. The van der Waals surface area contributed by atoms with Gasteiger partial charge < -0.3 is 16.4 Å². The number of urea groups is 1. The third kappa shape index (κ3) is 6.23. The molecule has 0 unspecified atom stereocenters. The highest BCUT2D eigenvalue weighted by molar-refractivity contribution is 6.34. The van der Waals surface area contributed by atoms with Crippen LogP contribution in [0.4, 0.5) is 39.5 Å². The number of carbonyl (C=O) groups excluding carboxylic acids is 1. The average Bonchev–Trinajstić information content (AvgIpc) is 3.25. The first kappa shape index (κ1) is 28.1. The van der Waals surface area contributed by atoms with Crippen LogP contribution in [0.1, 0.15) is 31.5 Å². The lowest BCUT2D eigenvalue weighted by molar-refractivity contribution is -0.137. The van der Waals surface area contributed by atoms with Gasteiger partial charge in [0.1, 0.15) is 17.7 Å². The second-order valence-electron chi connectivity index (χ2n) is 8.79. The highest BCUT2D eigenvalue weighted by Crippen LogP contribution is 2.35. The van der Waals surface area contributed by atoms with Gasteiger partial charge in [0.15, 0.2) is 5.82 Å². The molecule has 4 aromatic rings. The Morgan fingerprint density at radius 3 is 2.51 bits per heavy atom. The fraction of sp³-hybridized carbons (Fsp3) is 0.269. The largest absolute Gasteiger partial charge is 0.416 e. The molecule has 2 aromatic heterocycles. The van der Waals surface area contributed by atoms with Crippen LogP contribution < -0.4 is 16.4 Å². The van der Waals surface area contributed by atoms with Crippen molar-refractivity contribution in [2.75, 3.05) is 29.5 Å². The van der Waals surface area contributed by atoms with E-state index in [0.717, 1.165) is 30.8 Å². The molecule has 0 aliphatic carbocycles. The molecule has 39 heavy (non-hydrogen) atoms. The zero-order valence-corrected chi connectivity index (χ0v) is 21.9. The van der Waals surface area contributed by atoms with Crippen LogP contribution in [0.5, 0.6) is 0 Å². The SMILES string of the molecule is CCCN(CC)Cc1cc(-c2ccc(NC(=O)Nc3cc(C(F)(F)F)ccc3F)c(Cl)c2)c2c(N)ncnn12. The normalized spacial score (nSPS) is 11.8. The van der Waals surface area contributed by atoms with Crippen LogP contribution in [0.3, 0.4) is 0 Å². The Bertz CT molecular complexity index is 1510. The number of aromatic nitrogens is 3. The molecule has 0 bridgehead atoms. The molecule has 0 aliphatic rings. The van der Waals surface area contributed by atoms with Crippen LogP contribution in [0, 0.1) is 5.82 Å². The number of nitrogens with zero attached hydrogens (tertiary/aromatic N) is 4. The maximum atomic E-state index is 14.0. The molecular weight excluding hydrogens is 538 g/mol. The summed E-state index contributed by atoms with van der Waals surface area (Å²) in [4.78, 5) is 18.8. The van der Waals surface area contributed by atoms with Crippen molar-refractivity contribution in [3.8, 4) is 11.1 Å². The molecule has 0 aliphatic heterocycles. The second-order valence-corrected chi connectivity index (χ2v) is 9.20. The minimum Gasteiger partial charge on any atom is -0.382 e. The molecule has 4 N–H and O–H groups in total. The summed E-state index contributed by atoms with van der Waals surface area (Å²) in [5, 5.41) is 9.05. The Balaban J connectivity index is 1.60. The number of alkyl halides is 3. The van der Waals surface area contributed by atoms with Crippen LogP contribution in [0.25, 0.3) is 16.6 Å². The van der Waals surface area contributed by atoms with E-state index >= 15 is 0 Å². The molecule has 0 saturated carbocycles. The standard InChI is InChI=1S/C26H26ClF4N7O/c1-3-9-37(4-2)13-17-12-18(23-24(32)33-14-34-38(17)23)15-5-8-21(19(27)10-15)35-25(39)36-22-11-16(26(29,30)31)6-7-20(22)28/h5-8,10-12,14H,3-4,9,13H2,1-2H3,(H2,32,33,34)(H2,35,36,39). The maximum Gasteiger partial charge on any atom is 0.416 e. The lowest BCUT2D eigenvalue weighted by Gasteiger charge is -2.18. The predicted octanol–water partition coefficient (Wildman–Crippen LogP) is 6.67. The highest BCUT2D eigenvalue weighted by atomic mass is 35.5. The maximum absolute atomic E-state index is 14.0. The van der Waals surface area contributed by atoms with Crippen molar-refractivity contribution in [2.24, 2.45) is 0 Å². The predicted molar refractivity (Wildman–Crippen MR) is 143 cm³/mol. The van der Waals surface area contributed by atoms with Crippen LogP contribution in [-0.2, 0) is 12.7 Å². The number of nitrogens with two attached hydrogens (primary N) is 1. The molecule has 13 heteroatoms. The van der Waals surface area contributed by atoms with Gasteiger partial charge in [-0.25, -0.2) is 18.7 Å². The van der Waals surface area contributed by atoms with Crippen molar-refractivity contribution in [2.45, 2.75) is 33.0 Å². The van der Waals surface area contributed by atoms with Gasteiger partial charge in [-0.15, -0.1) is 0 Å². The number of benzene rings is 2. The summed E-state index contributed by atoms with van der Waals surface area (Å²) in [6, 6.07) is 7.56. The molecule has 0 atom stereocenters. The summed E-state index contributed by atoms with van der Waals surface area (Å²) in [5.41, 5.74) is 7.58. The summed E-state index contributed by atoms with van der Waals surface area (Å²) < 4.78 is 54.7. The van der Waals surface area contributed by atoms with Gasteiger partial charge in [0.25, 0.3) is 0 Å². The summed E-state index contributed by atoms with van der Waals surface area (Å²) in [6.07, 6.45) is -2.31. The summed E-state index contributed by atoms with van der Waals surface area (Å²) in [5.74, 6) is -0.734. The molecule has 0 spiro atoms. The van der Waals surface area contributed by atoms with Gasteiger partial charge in [-0.2, -0.15) is 18.3 Å². The van der Waals surface area contributed by atoms with E-state index in [-0.39, 0.29) is 16.5 Å². The molecule has 0 radical (unpaired) electrons. The van der Waals surface area contributed by atoms with Crippen molar-refractivity contribution >= 4 is 40.3 Å². The Hall–Kier alpha value is -3.90. The quantitative estimate of drug-likeness (QED) is 0.208. The van der Waals surface area contributed by atoms with Crippen LogP contribution in [-0.4, -0.2) is 38.6 Å². The van der Waals surface area contributed by atoms with Gasteiger partial charge in [0, 0.05) is 12.1 Å². The van der Waals surface area contributed by atoms with E-state index in [1.54, 1.807) is 16.6 Å². The van der Waals surface area contributed by atoms with E-state index in [2.05, 4.69) is 39.5 Å². The fourth-order valence-electron chi connectivity index (χ4n) is 4.22. The van der Waals surface area contributed by atoms with E-state index in [0.29, 0.717) is 35.8 Å². The second kappa shape index (κ2) is 11.5.